The lowest BCUT2D eigenvalue weighted by Gasteiger charge is -2.03. The SMILES string of the molecule is COc1ccc(-c2nc(C(=O)NCCc3ccccn3)cs2)cc1. The van der Waals surface area contributed by atoms with Crippen LogP contribution >= 0.6 is 11.3 Å². The third kappa shape index (κ3) is 3.97. The van der Waals surface area contributed by atoms with Gasteiger partial charge in [0.15, 0.2) is 0 Å². The molecule has 0 spiro atoms. The zero-order chi connectivity index (χ0) is 16.8. The van der Waals surface area contributed by atoms with E-state index in [4.69, 9.17) is 4.74 Å². The van der Waals surface area contributed by atoms with Crippen molar-refractivity contribution in [2.45, 2.75) is 6.42 Å². The van der Waals surface area contributed by atoms with Crippen LogP contribution in [0.2, 0.25) is 0 Å². The van der Waals surface area contributed by atoms with Crippen LogP contribution in [0.3, 0.4) is 0 Å². The quantitative estimate of drug-likeness (QED) is 0.749. The van der Waals surface area contributed by atoms with E-state index in [1.165, 1.54) is 11.3 Å². The molecule has 1 N–H and O–H groups in total. The summed E-state index contributed by atoms with van der Waals surface area (Å²) in [6, 6.07) is 13.4. The molecule has 2 heterocycles. The third-order valence-corrected chi connectivity index (χ3v) is 4.36. The number of benzene rings is 1. The van der Waals surface area contributed by atoms with Crippen LogP contribution in [0.15, 0.2) is 54.0 Å². The Hall–Kier alpha value is -2.73. The van der Waals surface area contributed by atoms with Crippen molar-refractivity contribution in [3.8, 4) is 16.3 Å². The van der Waals surface area contributed by atoms with Crippen LogP contribution in [0.1, 0.15) is 16.2 Å². The monoisotopic (exact) mass is 339 g/mol. The largest absolute Gasteiger partial charge is 0.497 e. The highest BCUT2D eigenvalue weighted by molar-refractivity contribution is 7.13. The van der Waals surface area contributed by atoms with Crippen LogP contribution in [0, 0.1) is 0 Å². The van der Waals surface area contributed by atoms with E-state index in [2.05, 4.69) is 15.3 Å². The second-order valence-electron chi connectivity index (χ2n) is 5.09. The van der Waals surface area contributed by atoms with E-state index in [0.717, 1.165) is 22.0 Å². The van der Waals surface area contributed by atoms with Crippen LogP contribution in [0.5, 0.6) is 5.75 Å². The lowest BCUT2D eigenvalue weighted by molar-refractivity contribution is 0.0950. The number of hydrogen-bond acceptors (Lipinski definition) is 5. The molecule has 3 aromatic rings. The number of amides is 1. The van der Waals surface area contributed by atoms with Crippen molar-refractivity contribution in [1.82, 2.24) is 15.3 Å². The Balaban J connectivity index is 1.59. The lowest BCUT2D eigenvalue weighted by atomic mass is 10.2. The van der Waals surface area contributed by atoms with Gasteiger partial charge in [-0.3, -0.25) is 9.78 Å². The molecule has 122 valence electrons. The fraction of sp³-hybridized carbons (Fsp3) is 0.167. The minimum atomic E-state index is -0.165. The fourth-order valence-electron chi connectivity index (χ4n) is 2.18. The maximum atomic E-state index is 12.2. The second-order valence-corrected chi connectivity index (χ2v) is 5.95. The minimum Gasteiger partial charge on any atom is -0.497 e. The summed E-state index contributed by atoms with van der Waals surface area (Å²) in [5.74, 6) is 0.629. The molecule has 0 aliphatic rings. The molecule has 0 atom stereocenters. The van der Waals surface area contributed by atoms with Crippen LogP contribution in [0.25, 0.3) is 10.6 Å². The standard InChI is InChI=1S/C18H17N3O2S/c1-23-15-7-5-13(6-8-15)18-21-16(12-24-18)17(22)20-11-9-14-4-2-3-10-19-14/h2-8,10,12H,9,11H2,1H3,(H,20,22). The molecular formula is C18H17N3O2S. The lowest BCUT2D eigenvalue weighted by Crippen LogP contribution is -2.26. The average molecular weight is 339 g/mol. The first-order chi connectivity index (χ1) is 11.8. The molecule has 6 heteroatoms. The highest BCUT2D eigenvalue weighted by Crippen LogP contribution is 2.25. The summed E-state index contributed by atoms with van der Waals surface area (Å²) in [5, 5.41) is 5.46. The van der Waals surface area contributed by atoms with Crippen LogP contribution < -0.4 is 10.1 Å². The molecule has 0 radical (unpaired) electrons. The first-order valence-corrected chi connectivity index (χ1v) is 8.42. The van der Waals surface area contributed by atoms with Gasteiger partial charge in [0.1, 0.15) is 16.5 Å². The van der Waals surface area contributed by atoms with Gasteiger partial charge in [-0.2, -0.15) is 0 Å². The molecule has 0 saturated heterocycles. The van der Waals surface area contributed by atoms with Gasteiger partial charge >= 0.3 is 0 Å². The van der Waals surface area contributed by atoms with Gasteiger partial charge in [-0.25, -0.2) is 4.98 Å². The summed E-state index contributed by atoms with van der Waals surface area (Å²) >= 11 is 1.45. The van der Waals surface area contributed by atoms with Gasteiger partial charge in [0, 0.05) is 35.8 Å². The molecule has 0 bridgehead atoms. The van der Waals surface area contributed by atoms with Crippen molar-refractivity contribution in [1.29, 1.82) is 0 Å². The predicted molar refractivity (Wildman–Crippen MR) is 94.4 cm³/mol. The molecule has 2 aromatic heterocycles. The van der Waals surface area contributed by atoms with Gasteiger partial charge in [0.05, 0.1) is 7.11 Å². The molecule has 0 saturated carbocycles. The first-order valence-electron chi connectivity index (χ1n) is 7.54. The predicted octanol–water partition coefficient (Wildman–Crippen LogP) is 3.19. The van der Waals surface area contributed by atoms with Crippen molar-refractivity contribution in [3.05, 3.63) is 65.4 Å². The molecular weight excluding hydrogens is 322 g/mol. The second kappa shape index (κ2) is 7.70. The van der Waals surface area contributed by atoms with Crippen LogP contribution in [-0.4, -0.2) is 29.5 Å². The Morgan fingerprint density at radius 1 is 1.21 bits per heavy atom. The molecule has 24 heavy (non-hydrogen) atoms. The highest BCUT2D eigenvalue weighted by atomic mass is 32.1. The van der Waals surface area contributed by atoms with E-state index in [1.807, 2.05) is 42.5 Å². The van der Waals surface area contributed by atoms with Crippen LogP contribution in [0.4, 0.5) is 0 Å². The Morgan fingerprint density at radius 2 is 2.04 bits per heavy atom. The Kier molecular flexibility index (Phi) is 5.18. The van der Waals surface area contributed by atoms with Gasteiger partial charge in [0.2, 0.25) is 0 Å². The number of nitrogens with one attached hydrogen (secondary N) is 1. The van der Waals surface area contributed by atoms with Crippen molar-refractivity contribution in [3.63, 3.8) is 0 Å². The number of rotatable bonds is 6. The highest BCUT2D eigenvalue weighted by Gasteiger charge is 2.11. The van der Waals surface area contributed by atoms with Crippen molar-refractivity contribution >= 4 is 17.2 Å². The number of aromatic nitrogens is 2. The van der Waals surface area contributed by atoms with E-state index >= 15 is 0 Å². The number of thiazole rings is 1. The zero-order valence-corrected chi connectivity index (χ0v) is 14.0. The number of carbonyl (C=O) groups excluding carboxylic acids is 1. The Morgan fingerprint density at radius 3 is 2.75 bits per heavy atom. The molecule has 1 aromatic carbocycles. The number of nitrogens with zero attached hydrogens (tertiary/aromatic N) is 2. The number of methoxy groups -OCH3 is 1. The maximum Gasteiger partial charge on any atom is 0.270 e. The molecule has 0 unspecified atom stereocenters. The van der Waals surface area contributed by atoms with Gasteiger partial charge in [0.25, 0.3) is 5.91 Å². The maximum absolute atomic E-state index is 12.2. The smallest absolute Gasteiger partial charge is 0.270 e. The molecule has 0 fully saturated rings. The fourth-order valence-corrected chi connectivity index (χ4v) is 2.99. The topological polar surface area (TPSA) is 64.1 Å². The minimum absolute atomic E-state index is 0.165. The summed E-state index contributed by atoms with van der Waals surface area (Å²) in [4.78, 5) is 20.8. The number of hydrogen-bond donors (Lipinski definition) is 1. The van der Waals surface area contributed by atoms with Gasteiger partial charge in [-0.05, 0) is 36.4 Å². The molecule has 5 nitrogen and oxygen atoms in total. The third-order valence-electron chi connectivity index (χ3n) is 3.47. The number of ether oxygens (including phenoxy) is 1. The summed E-state index contributed by atoms with van der Waals surface area (Å²) in [7, 11) is 1.63. The molecule has 1 amide bonds. The summed E-state index contributed by atoms with van der Waals surface area (Å²) in [6.45, 7) is 0.533. The van der Waals surface area contributed by atoms with Crippen molar-refractivity contribution in [2.75, 3.05) is 13.7 Å². The van der Waals surface area contributed by atoms with E-state index < -0.39 is 0 Å². The van der Waals surface area contributed by atoms with Gasteiger partial charge in [-0.15, -0.1) is 11.3 Å². The molecule has 0 aliphatic heterocycles. The molecule has 0 aliphatic carbocycles. The average Bonchev–Trinajstić information content (AvgIpc) is 3.13. The number of carbonyl (C=O) groups is 1. The molecule has 3 rings (SSSR count). The van der Waals surface area contributed by atoms with Gasteiger partial charge < -0.3 is 10.1 Å². The first kappa shape index (κ1) is 16.1. The Bertz CT molecular complexity index is 801. The summed E-state index contributed by atoms with van der Waals surface area (Å²) < 4.78 is 5.14. The van der Waals surface area contributed by atoms with E-state index in [-0.39, 0.29) is 5.91 Å². The summed E-state index contributed by atoms with van der Waals surface area (Å²) in [6.07, 6.45) is 2.45. The normalized spacial score (nSPS) is 10.4. The zero-order valence-electron chi connectivity index (χ0n) is 13.2. The van der Waals surface area contributed by atoms with Crippen molar-refractivity contribution in [2.24, 2.45) is 0 Å². The van der Waals surface area contributed by atoms with E-state index in [0.29, 0.717) is 18.7 Å². The van der Waals surface area contributed by atoms with E-state index in [9.17, 15) is 4.79 Å². The summed E-state index contributed by atoms with van der Waals surface area (Å²) in [5.41, 5.74) is 2.36. The number of pyridine rings is 1. The van der Waals surface area contributed by atoms with E-state index in [1.54, 1.807) is 18.7 Å². The van der Waals surface area contributed by atoms with Gasteiger partial charge in [-0.1, -0.05) is 6.07 Å². The van der Waals surface area contributed by atoms with Crippen LogP contribution in [-0.2, 0) is 6.42 Å². The van der Waals surface area contributed by atoms with Crippen molar-refractivity contribution < 1.29 is 9.53 Å². The Labute approximate surface area is 144 Å².